The number of carbonyl (C=O) groups is 3. The minimum absolute atomic E-state index is 0.0152. The first-order valence-electron chi connectivity index (χ1n) is 9.09. The predicted octanol–water partition coefficient (Wildman–Crippen LogP) is 3.73. The molecule has 0 N–H and O–H groups in total. The molecular formula is C24H16O8. The van der Waals surface area contributed by atoms with E-state index in [4.69, 9.17) is 18.6 Å². The predicted molar refractivity (Wildman–Crippen MR) is 115 cm³/mol. The molecule has 3 aromatic rings. The highest BCUT2D eigenvalue weighted by Gasteiger charge is 2.18. The van der Waals surface area contributed by atoms with Crippen LogP contribution in [0.4, 0.5) is 0 Å². The summed E-state index contributed by atoms with van der Waals surface area (Å²) in [4.78, 5) is 47.8. The van der Waals surface area contributed by atoms with Gasteiger partial charge in [-0.15, -0.1) is 0 Å². The van der Waals surface area contributed by atoms with E-state index in [0.29, 0.717) is 5.56 Å². The lowest BCUT2D eigenvalue weighted by Gasteiger charge is -2.10. The first-order chi connectivity index (χ1) is 15.4. The summed E-state index contributed by atoms with van der Waals surface area (Å²) in [6.07, 6.45) is 4.12. The molecule has 0 aliphatic carbocycles. The quantitative estimate of drug-likeness (QED) is 0.316. The Morgan fingerprint density at radius 1 is 0.781 bits per heavy atom. The first-order valence-corrected chi connectivity index (χ1v) is 9.09. The number of ether oxygens (including phenoxy) is 3. The molecule has 0 unspecified atom stereocenters. The van der Waals surface area contributed by atoms with Crippen molar-refractivity contribution in [3.63, 3.8) is 0 Å². The first kappa shape index (κ1) is 22.0. The number of hydrogen-bond acceptors (Lipinski definition) is 8. The summed E-state index contributed by atoms with van der Waals surface area (Å²) >= 11 is 0. The zero-order chi connectivity index (χ0) is 23.3. The number of carbonyl (C=O) groups excluding carboxylic acids is 3. The minimum Gasteiger partial charge on any atom is -0.463 e. The maximum atomic E-state index is 13.2. The average Bonchev–Trinajstić information content (AvgIpc) is 2.79. The third kappa shape index (κ3) is 4.71. The second kappa shape index (κ2) is 9.40. The van der Waals surface area contributed by atoms with Crippen molar-refractivity contribution in [2.75, 3.05) is 0 Å². The van der Waals surface area contributed by atoms with Crippen LogP contribution < -0.4 is 19.6 Å². The van der Waals surface area contributed by atoms with E-state index < -0.39 is 23.3 Å². The van der Waals surface area contributed by atoms with Crippen LogP contribution in [-0.4, -0.2) is 17.9 Å². The molecule has 8 nitrogen and oxygen atoms in total. The summed E-state index contributed by atoms with van der Waals surface area (Å²) in [7, 11) is 0. The van der Waals surface area contributed by atoms with Crippen LogP contribution in [0, 0.1) is 0 Å². The van der Waals surface area contributed by atoms with E-state index in [2.05, 4.69) is 19.7 Å². The third-order valence-electron chi connectivity index (χ3n) is 4.13. The van der Waals surface area contributed by atoms with Crippen molar-refractivity contribution in [3.8, 4) is 28.4 Å². The van der Waals surface area contributed by atoms with E-state index in [1.54, 1.807) is 12.1 Å². The summed E-state index contributed by atoms with van der Waals surface area (Å²) in [5.41, 5.74) is 0.139. The molecule has 160 valence electrons. The van der Waals surface area contributed by atoms with E-state index in [9.17, 15) is 19.2 Å². The van der Waals surface area contributed by atoms with Crippen LogP contribution in [0.1, 0.15) is 0 Å². The van der Waals surface area contributed by atoms with Crippen LogP contribution in [0.15, 0.2) is 89.8 Å². The fraction of sp³-hybridized carbons (Fsp3) is 0. The van der Waals surface area contributed by atoms with Crippen molar-refractivity contribution >= 4 is 28.9 Å². The van der Waals surface area contributed by atoms with Crippen LogP contribution in [0.5, 0.6) is 17.2 Å². The largest absolute Gasteiger partial charge is 0.463 e. The van der Waals surface area contributed by atoms with Crippen molar-refractivity contribution in [2.24, 2.45) is 0 Å². The van der Waals surface area contributed by atoms with Gasteiger partial charge in [0.1, 0.15) is 34.5 Å². The molecule has 0 spiro atoms. The molecule has 0 aliphatic heterocycles. The van der Waals surface area contributed by atoms with Crippen molar-refractivity contribution in [1.82, 2.24) is 0 Å². The number of esters is 3. The maximum absolute atomic E-state index is 13.2. The standard InChI is InChI=1S/C24H16O8/c1-4-20(25)30-15-9-7-14(8-10-15)17-13-29-18-11-16(31-21(26)5-2)12-19(23(18)24(17)28)32-22(27)6-3/h4-13H,1-3H2. The Labute approximate surface area is 181 Å². The summed E-state index contributed by atoms with van der Waals surface area (Å²) < 4.78 is 20.8. The molecule has 0 saturated heterocycles. The van der Waals surface area contributed by atoms with Crippen molar-refractivity contribution in [1.29, 1.82) is 0 Å². The van der Waals surface area contributed by atoms with Crippen molar-refractivity contribution < 1.29 is 33.0 Å². The number of fused-ring (bicyclic) bond motifs is 1. The van der Waals surface area contributed by atoms with Gasteiger partial charge in [-0.05, 0) is 17.7 Å². The van der Waals surface area contributed by atoms with E-state index in [-0.39, 0.29) is 33.8 Å². The van der Waals surface area contributed by atoms with E-state index in [1.807, 2.05) is 0 Å². The molecule has 8 heteroatoms. The molecule has 0 saturated carbocycles. The Balaban J connectivity index is 2.12. The average molecular weight is 432 g/mol. The molecule has 1 heterocycles. The minimum atomic E-state index is -0.823. The summed E-state index contributed by atoms with van der Waals surface area (Å²) in [5, 5.41) is -0.0433. The SMILES string of the molecule is C=CC(=O)Oc1ccc(-c2coc3cc(OC(=O)C=C)cc(OC(=O)C=C)c3c2=O)cc1. The Kier molecular flexibility index (Phi) is 6.45. The molecular weight excluding hydrogens is 416 g/mol. The van der Waals surface area contributed by atoms with Gasteiger partial charge in [-0.25, -0.2) is 14.4 Å². The van der Waals surface area contributed by atoms with Crippen LogP contribution in [0.3, 0.4) is 0 Å². The lowest BCUT2D eigenvalue weighted by molar-refractivity contribution is -0.130. The van der Waals surface area contributed by atoms with Crippen LogP contribution in [0.25, 0.3) is 22.1 Å². The normalized spacial score (nSPS) is 10.1. The topological polar surface area (TPSA) is 109 Å². The highest BCUT2D eigenvalue weighted by atomic mass is 16.5. The second-order valence-corrected chi connectivity index (χ2v) is 6.17. The lowest BCUT2D eigenvalue weighted by Crippen LogP contribution is -2.11. The van der Waals surface area contributed by atoms with Gasteiger partial charge in [0.25, 0.3) is 0 Å². The molecule has 0 fully saturated rings. The fourth-order valence-corrected chi connectivity index (χ4v) is 2.70. The summed E-state index contributed by atoms with van der Waals surface area (Å²) in [6.45, 7) is 9.96. The van der Waals surface area contributed by atoms with E-state index >= 15 is 0 Å². The van der Waals surface area contributed by atoms with Crippen LogP contribution in [0.2, 0.25) is 0 Å². The Morgan fingerprint density at radius 3 is 1.94 bits per heavy atom. The van der Waals surface area contributed by atoms with Gasteiger partial charge in [0.15, 0.2) is 0 Å². The van der Waals surface area contributed by atoms with Gasteiger partial charge in [0.2, 0.25) is 5.43 Å². The lowest BCUT2D eigenvalue weighted by atomic mass is 10.0. The van der Waals surface area contributed by atoms with Gasteiger partial charge in [0, 0.05) is 30.4 Å². The number of rotatable bonds is 7. The Morgan fingerprint density at radius 2 is 1.34 bits per heavy atom. The van der Waals surface area contributed by atoms with E-state index in [0.717, 1.165) is 18.2 Å². The maximum Gasteiger partial charge on any atom is 0.335 e. The highest BCUT2D eigenvalue weighted by Crippen LogP contribution is 2.32. The molecule has 0 atom stereocenters. The Bertz CT molecular complexity index is 1310. The van der Waals surface area contributed by atoms with Gasteiger partial charge in [-0.1, -0.05) is 31.9 Å². The Hall–Kier alpha value is -4.72. The molecule has 0 radical (unpaired) electrons. The second-order valence-electron chi connectivity index (χ2n) is 6.17. The van der Waals surface area contributed by atoms with Crippen molar-refractivity contribution in [2.45, 2.75) is 0 Å². The van der Waals surface area contributed by atoms with Crippen LogP contribution in [-0.2, 0) is 14.4 Å². The number of benzene rings is 2. The van der Waals surface area contributed by atoms with Gasteiger partial charge >= 0.3 is 17.9 Å². The highest BCUT2D eigenvalue weighted by molar-refractivity contribution is 5.93. The van der Waals surface area contributed by atoms with Crippen molar-refractivity contribution in [3.05, 3.63) is 90.8 Å². The molecule has 2 aromatic carbocycles. The van der Waals surface area contributed by atoms with Gasteiger partial charge in [-0.2, -0.15) is 0 Å². The molecule has 0 aliphatic rings. The zero-order valence-corrected chi connectivity index (χ0v) is 16.7. The summed E-state index contributed by atoms with van der Waals surface area (Å²) in [6, 6.07) is 8.63. The van der Waals surface area contributed by atoms with E-state index in [1.165, 1.54) is 30.5 Å². The molecule has 0 bridgehead atoms. The number of hydrogen-bond donors (Lipinski definition) is 0. The molecule has 0 amide bonds. The summed E-state index contributed by atoms with van der Waals surface area (Å²) in [5.74, 6) is -2.12. The smallest absolute Gasteiger partial charge is 0.335 e. The third-order valence-corrected chi connectivity index (χ3v) is 4.13. The van der Waals surface area contributed by atoms with Gasteiger partial charge in [-0.3, -0.25) is 4.79 Å². The zero-order valence-electron chi connectivity index (χ0n) is 16.7. The van der Waals surface area contributed by atoms with Gasteiger partial charge < -0.3 is 18.6 Å². The molecule has 3 rings (SSSR count). The fourth-order valence-electron chi connectivity index (χ4n) is 2.70. The van der Waals surface area contributed by atoms with Gasteiger partial charge in [0.05, 0.1) is 5.56 Å². The monoisotopic (exact) mass is 432 g/mol. The molecule has 1 aromatic heterocycles. The van der Waals surface area contributed by atoms with Crippen LogP contribution >= 0.6 is 0 Å². The molecule has 32 heavy (non-hydrogen) atoms.